The average molecular weight is 747 g/mol. The van der Waals surface area contributed by atoms with E-state index >= 15 is 4.79 Å². The van der Waals surface area contributed by atoms with Crippen molar-refractivity contribution in [1.29, 1.82) is 0 Å². The van der Waals surface area contributed by atoms with E-state index in [9.17, 15) is 40.9 Å². The average Bonchev–Trinajstić information content (AvgIpc) is 3.08. The molecule has 5 fully saturated rings. The Morgan fingerprint density at radius 3 is 2.04 bits per heavy atom. The van der Waals surface area contributed by atoms with Crippen LogP contribution in [0.15, 0.2) is 24.3 Å². The fourth-order valence-electron chi connectivity index (χ4n) is 14.4. The van der Waals surface area contributed by atoms with Gasteiger partial charge in [-0.15, -0.1) is 0 Å². The highest BCUT2D eigenvalue weighted by atomic mass is 16.5. The molecule has 13 atom stereocenters. The first-order chi connectivity index (χ1) is 25.1. The smallest absolute Gasteiger partial charge is 0.317 e. The van der Waals surface area contributed by atoms with Gasteiger partial charge < -0.3 is 45.6 Å². The van der Waals surface area contributed by atoms with Crippen LogP contribution in [0.1, 0.15) is 99.8 Å². The van der Waals surface area contributed by atoms with Gasteiger partial charge in [0.25, 0.3) is 0 Å². The number of aliphatic hydroxyl groups is 3. The van der Waals surface area contributed by atoms with Crippen LogP contribution in [-0.4, -0.2) is 65.1 Å². The zero-order chi connectivity index (χ0) is 39.2. The highest BCUT2D eigenvalue weighted by Gasteiger charge is 2.74. The topological polar surface area (TPSA) is 188 Å². The number of carbonyl (C=O) groups is 1. The number of fused-ring (bicyclic) bond motifs is 9. The lowest BCUT2D eigenvalue weighted by Gasteiger charge is -2.74. The molecule has 5 saturated carbocycles. The van der Waals surface area contributed by atoms with Crippen LogP contribution in [0.25, 0.3) is 21.5 Å². The molecule has 0 saturated heterocycles. The van der Waals surface area contributed by atoms with Crippen LogP contribution < -0.4 is 4.74 Å². The maximum absolute atomic E-state index is 15.1. The minimum absolute atomic E-state index is 0.0157. The molecular formula is C44H58O10. The number of carbonyl (C=O) groups excluding carboxylic acids is 1. The van der Waals surface area contributed by atoms with Crippen LogP contribution in [-0.2, 0) is 4.79 Å². The molecule has 0 radical (unpaired) electrons. The lowest BCUT2D eigenvalue weighted by molar-refractivity contribution is -0.290. The molecule has 5 aliphatic carbocycles. The third kappa shape index (κ3) is 4.65. The highest BCUT2D eigenvalue weighted by molar-refractivity contribution is 6.15. The quantitative estimate of drug-likeness (QED) is 0.0566. The second kappa shape index (κ2) is 11.8. The van der Waals surface area contributed by atoms with Gasteiger partial charge in [-0.1, -0.05) is 48.5 Å². The van der Waals surface area contributed by atoms with Crippen molar-refractivity contribution < 1.29 is 50.4 Å². The molecule has 5 aliphatic rings. The summed E-state index contributed by atoms with van der Waals surface area (Å²) in [5.74, 6) is -2.50. The summed E-state index contributed by atoms with van der Waals surface area (Å²) in [4.78, 5) is 15.1. The Labute approximate surface area is 316 Å². The number of hydrogen-bond acceptors (Lipinski definition) is 10. The number of aromatic hydroxyl groups is 5. The third-order valence-corrected chi connectivity index (χ3v) is 17.3. The molecule has 0 spiro atoms. The van der Waals surface area contributed by atoms with Crippen molar-refractivity contribution in [3.63, 3.8) is 0 Å². The Morgan fingerprint density at radius 2 is 1.35 bits per heavy atom. The molecule has 13 unspecified atom stereocenters. The molecule has 0 aromatic heterocycles. The lowest BCUT2D eigenvalue weighted by Crippen LogP contribution is -2.72. The number of esters is 1. The van der Waals surface area contributed by atoms with Crippen molar-refractivity contribution in [3.05, 3.63) is 24.3 Å². The molecule has 54 heavy (non-hydrogen) atoms. The van der Waals surface area contributed by atoms with Gasteiger partial charge in [-0.3, -0.25) is 4.79 Å². The van der Waals surface area contributed by atoms with Gasteiger partial charge in [0.05, 0.1) is 34.5 Å². The van der Waals surface area contributed by atoms with Crippen molar-refractivity contribution in [1.82, 2.24) is 0 Å². The summed E-state index contributed by atoms with van der Waals surface area (Å²) in [6.07, 6.45) is 3.04. The first-order valence-electron chi connectivity index (χ1n) is 20.0. The van der Waals surface area contributed by atoms with E-state index < -0.39 is 52.4 Å². The Hall–Kier alpha value is -3.47. The van der Waals surface area contributed by atoms with E-state index in [1.807, 2.05) is 0 Å². The fourth-order valence-corrected chi connectivity index (χ4v) is 14.4. The Kier molecular flexibility index (Phi) is 8.17. The number of phenolic OH excluding ortho intramolecular Hbond substituents is 5. The molecule has 294 valence electrons. The predicted octanol–water partition coefficient (Wildman–Crippen LogP) is 7.47. The Morgan fingerprint density at radius 1 is 0.704 bits per heavy atom. The first-order valence-corrected chi connectivity index (χ1v) is 20.0. The molecule has 3 aromatic carbocycles. The molecule has 0 heterocycles. The van der Waals surface area contributed by atoms with Gasteiger partial charge in [0.15, 0.2) is 0 Å². The summed E-state index contributed by atoms with van der Waals surface area (Å²) in [7, 11) is 0. The molecule has 10 heteroatoms. The second-order valence-electron chi connectivity index (χ2n) is 19.7. The third-order valence-electron chi connectivity index (χ3n) is 17.3. The van der Waals surface area contributed by atoms with Gasteiger partial charge in [-0.05, 0) is 121 Å². The van der Waals surface area contributed by atoms with Crippen LogP contribution in [0.5, 0.6) is 34.5 Å². The van der Waals surface area contributed by atoms with E-state index in [2.05, 4.69) is 48.5 Å². The summed E-state index contributed by atoms with van der Waals surface area (Å²) in [5.41, 5.74) is -2.32. The zero-order valence-electron chi connectivity index (χ0n) is 32.6. The summed E-state index contributed by atoms with van der Waals surface area (Å²) >= 11 is 0. The van der Waals surface area contributed by atoms with Gasteiger partial charge >= 0.3 is 5.97 Å². The number of hydrogen-bond donors (Lipinski definition) is 8. The molecule has 3 aromatic rings. The van der Waals surface area contributed by atoms with Gasteiger partial charge in [0.1, 0.15) is 34.5 Å². The zero-order valence-corrected chi connectivity index (χ0v) is 32.6. The fraction of sp³-hybridized carbons (Fsp3) is 0.659. The monoisotopic (exact) mass is 746 g/mol. The van der Waals surface area contributed by atoms with Crippen molar-refractivity contribution in [3.8, 4) is 34.5 Å². The summed E-state index contributed by atoms with van der Waals surface area (Å²) < 4.78 is 6.32. The van der Waals surface area contributed by atoms with Crippen molar-refractivity contribution in [2.45, 2.75) is 118 Å². The second-order valence-corrected chi connectivity index (χ2v) is 19.7. The van der Waals surface area contributed by atoms with E-state index in [4.69, 9.17) is 4.74 Å². The SMILES string of the molecule is CC1CCC2(C(=O)Oc3cc(O)cc4c(O)c5cc(O)cc(O)c5c(O)c34)CCC3(C)C(C(O)CC4C5(C)CC(O)C(O)C(C)(C)C5CCC43C)C2C1C. The number of phenols is 5. The first kappa shape index (κ1) is 37.5. The van der Waals surface area contributed by atoms with Crippen LogP contribution >= 0.6 is 0 Å². The molecule has 10 nitrogen and oxygen atoms in total. The van der Waals surface area contributed by atoms with Gasteiger partial charge in [0.2, 0.25) is 0 Å². The molecule has 0 aliphatic heterocycles. The maximum Gasteiger partial charge on any atom is 0.317 e. The van der Waals surface area contributed by atoms with Crippen LogP contribution in [0, 0.1) is 62.6 Å². The molecule has 8 N–H and O–H groups in total. The van der Waals surface area contributed by atoms with Crippen LogP contribution in [0.4, 0.5) is 0 Å². The standard InChI is InChI=1S/C44H58O10/c1-20-8-11-44(39(53)54-29-17-23(46)15-25-33(29)37(51)32-24(36(25)50)14-22(45)16-26(32)47)13-12-43(7)35(34(44)21(20)2)27(48)18-31-41(5)19-28(49)38(52)40(3,4)30(41)9-10-42(31,43)6/h14-17,20-21,27-28,30-31,34-35,38,45-52H,8-13,18-19H2,1-7H3. The largest absolute Gasteiger partial charge is 0.508 e. The van der Waals surface area contributed by atoms with E-state index in [-0.39, 0.29) is 90.5 Å². The lowest BCUT2D eigenvalue weighted by atomic mass is 9.30. The Balaban J connectivity index is 1.22. The van der Waals surface area contributed by atoms with E-state index in [1.165, 1.54) is 18.2 Å². The number of aliphatic hydroxyl groups excluding tert-OH is 3. The van der Waals surface area contributed by atoms with Crippen LogP contribution in [0.3, 0.4) is 0 Å². The van der Waals surface area contributed by atoms with Crippen LogP contribution in [0.2, 0.25) is 0 Å². The number of ether oxygens (including phenoxy) is 1. The molecule has 0 bridgehead atoms. The van der Waals surface area contributed by atoms with Crippen molar-refractivity contribution >= 4 is 27.5 Å². The van der Waals surface area contributed by atoms with Gasteiger partial charge in [0, 0.05) is 22.9 Å². The van der Waals surface area contributed by atoms with E-state index in [0.717, 1.165) is 25.3 Å². The number of rotatable bonds is 2. The summed E-state index contributed by atoms with van der Waals surface area (Å²) in [6, 6.07) is 4.70. The maximum atomic E-state index is 15.1. The molecular weight excluding hydrogens is 688 g/mol. The summed E-state index contributed by atoms with van der Waals surface area (Å²) in [6.45, 7) is 15.6. The van der Waals surface area contributed by atoms with Crippen molar-refractivity contribution in [2.75, 3.05) is 0 Å². The molecule has 0 amide bonds. The normalized spacial score (nSPS) is 42.7. The predicted molar refractivity (Wildman–Crippen MR) is 203 cm³/mol. The van der Waals surface area contributed by atoms with E-state index in [0.29, 0.717) is 32.1 Å². The minimum Gasteiger partial charge on any atom is -0.508 e. The minimum atomic E-state index is -0.977. The summed E-state index contributed by atoms with van der Waals surface area (Å²) in [5, 5.41) is 89.2. The van der Waals surface area contributed by atoms with Crippen molar-refractivity contribution in [2.24, 2.45) is 62.6 Å². The number of benzene rings is 3. The van der Waals surface area contributed by atoms with E-state index in [1.54, 1.807) is 0 Å². The highest BCUT2D eigenvalue weighted by Crippen LogP contribution is 2.77. The molecule has 8 rings (SSSR count). The van der Waals surface area contributed by atoms with Gasteiger partial charge in [-0.25, -0.2) is 0 Å². The van der Waals surface area contributed by atoms with Gasteiger partial charge in [-0.2, -0.15) is 0 Å². The Bertz CT molecular complexity index is 2060.